The summed E-state index contributed by atoms with van der Waals surface area (Å²) >= 11 is 0. The number of likely N-dealkylation sites (tertiary alicyclic amines) is 2. The van der Waals surface area contributed by atoms with Crippen molar-refractivity contribution >= 4 is 18.0 Å². The lowest BCUT2D eigenvalue weighted by Crippen LogP contribution is -2.53. The number of rotatable bonds is 2. The number of ether oxygens (including phenoxy) is 1. The highest BCUT2D eigenvalue weighted by Gasteiger charge is 2.48. The smallest absolute Gasteiger partial charge is 0.411 e. The second-order valence-corrected chi connectivity index (χ2v) is 7.15. The Morgan fingerprint density at radius 2 is 1.79 bits per heavy atom. The fourth-order valence-electron chi connectivity index (χ4n) is 3.22. The van der Waals surface area contributed by atoms with Crippen LogP contribution < -0.4 is 0 Å². The second kappa shape index (κ2) is 6.67. The first kappa shape index (κ1) is 18.0. The molecule has 2 aliphatic heterocycles. The van der Waals surface area contributed by atoms with Crippen LogP contribution in [0.4, 0.5) is 4.79 Å². The number of nitrogens with zero attached hydrogens (tertiary/aromatic N) is 3. The summed E-state index contributed by atoms with van der Waals surface area (Å²) in [6.45, 7) is 5.49. The lowest BCUT2D eigenvalue weighted by molar-refractivity contribution is -0.144. The zero-order valence-electron chi connectivity index (χ0n) is 14.2. The van der Waals surface area contributed by atoms with Crippen LogP contribution in [0.15, 0.2) is 0 Å². The average molecular weight is 337 g/mol. The van der Waals surface area contributed by atoms with Crippen molar-refractivity contribution in [3.63, 3.8) is 0 Å². The van der Waals surface area contributed by atoms with E-state index >= 15 is 0 Å². The largest absolute Gasteiger partial charge is 0.480 e. The predicted octanol–water partition coefficient (Wildman–Crippen LogP) is 1.35. The standard InChI is InChI=1S/C16H23N3O5/c1-16(2,3)24-15(23)19-11(6-7-12(19)14(21)22)13(20)18-8-4-5-10(18)9-17/h10-12H,4-8H2,1-3H3,(H,21,22)/t10?,11-,12?/m0/s1. The first-order valence-corrected chi connectivity index (χ1v) is 8.10. The molecule has 2 heterocycles. The molecular formula is C16H23N3O5. The van der Waals surface area contributed by atoms with Crippen molar-refractivity contribution in [2.24, 2.45) is 0 Å². The monoisotopic (exact) mass is 337 g/mol. The molecule has 1 N–H and O–H groups in total. The molecular weight excluding hydrogens is 314 g/mol. The van der Waals surface area contributed by atoms with Crippen LogP contribution in [0, 0.1) is 11.3 Å². The molecule has 2 saturated heterocycles. The van der Waals surface area contributed by atoms with Gasteiger partial charge in [-0.05, 0) is 46.5 Å². The van der Waals surface area contributed by atoms with Crippen molar-refractivity contribution in [2.45, 2.75) is 70.2 Å². The number of hydrogen-bond acceptors (Lipinski definition) is 5. The molecule has 2 rings (SSSR count). The van der Waals surface area contributed by atoms with Gasteiger partial charge in [0.15, 0.2) is 0 Å². The summed E-state index contributed by atoms with van der Waals surface area (Å²) in [7, 11) is 0. The van der Waals surface area contributed by atoms with Crippen molar-refractivity contribution in [3.8, 4) is 6.07 Å². The highest BCUT2D eigenvalue weighted by molar-refractivity contribution is 5.90. The molecule has 0 aliphatic carbocycles. The Hall–Kier alpha value is -2.30. The van der Waals surface area contributed by atoms with Gasteiger partial charge in [0.1, 0.15) is 23.7 Å². The molecule has 2 fully saturated rings. The molecule has 2 amide bonds. The third-order valence-corrected chi connectivity index (χ3v) is 4.24. The lowest BCUT2D eigenvalue weighted by Gasteiger charge is -2.32. The van der Waals surface area contributed by atoms with Gasteiger partial charge in [-0.25, -0.2) is 9.59 Å². The summed E-state index contributed by atoms with van der Waals surface area (Å²) in [5.41, 5.74) is -0.793. The summed E-state index contributed by atoms with van der Waals surface area (Å²) in [4.78, 5) is 39.2. The van der Waals surface area contributed by atoms with Gasteiger partial charge in [0, 0.05) is 6.54 Å². The Morgan fingerprint density at radius 3 is 2.33 bits per heavy atom. The molecule has 0 aromatic heterocycles. The van der Waals surface area contributed by atoms with E-state index in [0.717, 1.165) is 11.3 Å². The lowest BCUT2D eigenvalue weighted by atomic mass is 10.1. The van der Waals surface area contributed by atoms with E-state index in [4.69, 9.17) is 10.00 Å². The number of carbonyl (C=O) groups excluding carboxylic acids is 2. The van der Waals surface area contributed by atoms with E-state index in [0.29, 0.717) is 13.0 Å². The number of carbonyl (C=O) groups is 3. The number of hydrogen-bond donors (Lipinski definition) is 1. The van der Waals surface area contributed by atoms with E-state index in [-0.39, 0.29) is 18.7 Å². The second-order valence-electron chi connectivity index (χ2n) is 7.15. The Kier molecular flexibility index (Phi) is 5.02. The van der Waals surface area contributed by atoms with Gasteiger partial charge in [-0.3, -0.25) is 9.69 Å². The molecule has 0 aromatic rings. The summed E-state index contributed by atoms with van der Waals surface area (Å²) < 4.78 is 5.29. The van der Waals surface area contributed by atoms with Crippen LogP contribution >= 0.6 is 0 Å². The highest BCUT2D eigenvalue weighted by atomic mass is 16.6. The van der Waals surface area contributed by atoms with E-state index in [1.807, 2.05) is 0 Å². The van der Waals surface area contributed by atoms with Gasteiger partial charge in [0.2, 0.25) is 5.91 Å². The van der Waals surface area contributed by atoms with Crippen molar-refractivity contribution < 1.29 is 24.2 Å². The van der Waals surface area contributed by atoms with Gasteiger partial charge >= 0.3 is 12.1 Å². The van der Waals surface area contributed by atoms with E-state index in [9.17, 15) is 19.5 Å². The fraction of sp³-hybridized carbons (Fsp3) is 0.750. The Labute approximate surface area is 141 Å². The number of amides is 2. The van der Waals surface area contributed by atoms with E-state index in [1.165, 1.54) is 4.90 Å². The number of aliphatic carboxylic acids is 1. The molecule has 8 heteroatoms. The Balaban J connectivity index is 2.24. The van der Waals surface area contributed by atoms with Crippen LogP contribution in [0.2, 0.25) is 0 Å². The van der Waals surface area contributed by atoms with Crippen molar-refractivity contribution in [2.75, 3.05) is 6.54 Å². The highest BCUT2D eigenvalue weighted by Crippen LogP contribution is 2.30. The molecule has 3 atom stereocenters. The molecule has 0 bridgehead atoms. The van der Waals surface area contributed by atoms with E-state index in [1.54, 1.807) is 20.8 Å². The van der Waals surface area contributed by atoms with Gasteiger partial charge in [-0.15, -0.1) is 0 Å². The molecule has 24 heavy (non-hydrogen) atoms. The molecule has 0 aromatic carbocycles. The predicted molar refractivity (Wildman–Crippen MR) is 82.9 cm³/mol. The minimum atomic E-state index is -1.16. The van der Waals surface area contributed by atoms with Crippen molar-refractivity contribution in [1.82, 2.24) is 9.80 Å². The molecule has 8 nitrogen and oxygen atoms in total. The SMILES string of the molecule is CC(C)(C)OC(=O)N1C(C(=O)O)CC[C@H]1C(=O)N1CCCC1C#N. The topological polar surface area (TPSA) is 111 Å². The fourth-order valence-corrected chi connectivity index (χ4v) is 3.22. The molecule has 0 saturated carbocycles. The molecule has 2 aliphatic rings. The van der Waals surface area contributed by atoms with E-state index in [2.05, 4.69) is 6.07 Å². The summed E-state index contributed by atoms with van der Waals surface area (Å²) in [5.74, 6) is -1.52. The summed E-state index contributed by atoms with van der Waals surface area (Å²) in [6, 6.07) is -0.403. The average Bonchev–Trinajstić information content (AvgIpc) is 3.11. The normalized spacial score (nSPS) is 27.0. The molecule has 0 radical (unpaired) electrons. The molecule has 132 valence electrons. The molecule has 2 unspecified atom stereocenters. The number of carboxylic acid groups (broad SMARTS) is 1. The first-order chi connectivity index (χ1) is 11.2. The zero-order chi connectivity index (χ0) is 18.1. The van der Waals surface area contributed by atoms with E-state index < -0.39 is 35.8 Å². The number of nitriles is 1. The number of carboxylic acids is 1. The third-order valence-electron chi connectivity index (χ3n) is 4.24. The van der Waals surface area contributed by atoms with Crippen molar-refractivity contribution in [1.29, 1.82) is 5.26 Å². The maximum Gasteiger partial charge on any atom is 0.411 e. The van der Waals surface area contributed by atoms with Gasteiger partial charge < -0.3 is 14.7 Å². The van der Waals surface area contributed by atoms with Crippen LogP contribution in [-0.4, -0.2) is 63.1 Å². The van der Waals surface area contributed by atoms with Gasteiger partial charge in [-0.2, -0.15) is 5.26 Å². The van der Waals surface area contributed by atoms with Crippen LogP contribution in [0.5, 0.6) is 0 Å². The maximum atomic E-state index is 12.8. The Bertz CT molecular complexity index is 577. The van der Waals surface area contributed by atoms with Crippen LogP contribution in [0.3, 0.4) is 0 Å². The zero-order valence-corrected chi connectivity index (χ0v) is 14.2. The quantitative estimate of drug-likeness (QED) is 0.814. The summed E-state index contributed by atoms with van der Waals surface area (Å²) in [6.07, 6.45) is 0.966. The van der Waals surface area contributed by atoms with Gasteiger partial charge in [-0.1, -0.05) is 0 Å². The third kappa shape index (κ3) is 3.61. The van der Waals surface area contributed by atoms with Gasteiger partial charge in [0.05, 0.1) is 6.07 Å². The van der Waals surface area contributed by atoms with Crippen molar-refractivity contribution in [3.05, 3.63) is 0 Å². The first-order valence-electron chi connectivity index (χ1n) is 8.10. The van der Waals surface area contributed by atoms with Crippen LogP contribution in [-0.2, 0) is 14.3 Å². The summed E-state index contributed by atoms with van der Waals surface area (Å²) in [5, 5.41) is 18.5. The molecule has 0 spiro atoms. The Morgan fingerprint density at radius 1 is 1.17 bits per heavy atom. The van der Waals surface area contributed by atoms with Gasteiger partial charge in [0.25, 0.3) is 0 Å². The van der Waals surface area contributed by atoms with Crippen LogP contribution in [0.25, 0.3) is 0 Å². The minimum absolute atomic E-state index is 0.191. The van der Waals surface area contributed by atoms with Crippen LogP contribution in [0.1, 0.15) is 46.5 Å². The maximum absolute atomic E-state index is 12.8. The minimum Gasteiger partial charge on any atom is -0.480 e.